The monoisotopic (exact) mass is 366 g/mol. The number of nitrogens with zero attached hydrogens (tertiary/aromatic N) is 1. The third kappa shape index (κ3) is 3.75. The van der Waals surface area contributed by atoms with Crippen molar-refractivity contribution < 1.29 is 14.7 Å². The minimum atomic E-state index is -0.939. The number of carbonyl (C=O) groups excluding carboxylic acids is 2. The first-order chi connectivity index (χ1) is 12.6. The predicted molar refractivity (Wildman–Crippen MR) is 101 cm³/mol. The van der Waals surface area contributed by atoms with Crippen molar-refractivity contribution in [3.05, 3.63) is 88.1 Å². The van der Waals surface area contributed by atoms with Crippen molar-refractivity contribution in [3.63, 3.8) is 0 Å². The molecule has 0 bridgehead atoms. The topological polar surface area (TPSA) is 83.6 Å². The summed E-state index contributed by atoms with van der Waals surface area (Å²) in [6.45, 7) is 0.216. The van der Waals surface area contributed by atoms with Gasteiger partial charge in [-0.1, -0.05) is 48.5 Å². The second kappa shape index (κ2) is 7.84. The van der Waals surface area contributed by atoms with E-state index in [2.05, 4.69) is 0 Å². The maximum Gasteiger partial charge on any atom is 0.258 e. The highest BCUT2D eigenvalue weighted by molar-refractivity contribution is 7.09. The number of primary amides is 1. The Labute approximate surface area is 155 Å². The second-order valence-corrected chi connectivity index (χ2v) is 6.78. The first kappa shape index (κ1) is 17.7. The van der Waals surface area contributed by atoms with Crippen LogP contribution in [-0.2, 0) is 11.3 Å². The molecule has 3 rings (SSSR count). The van der Waals surface area contributed by atoms with Gasteiger partial charge < -0.3 is 15.7 Å². The van der Waals surface area contributed by atoms with Crippen molar-refractivity contribution >= 4 is 23.2 Å². The van der Waals surface area contributed by atoms with Crippen LogP contribution in [0.15, 0.2) is 72.1 Å². The van der Waals surface area contributed by atoms with Crippen LogP contribution in [0.2, 0.25) is 0 Å². The summed E-state index contributed by atoms with van der Waals surface area (Å²) in [6.07, 6.45) is 0. The Kier molecular flexibility index (Phi) is 5.34. The molecule has 6 heteroatoms. The SMILES string of the molecule is NC(=O)[C@@H](c1ccccc1)N(Cc1cccs1)C(=O)c1ccccc1O. The number of nitrogens with two attached hydrogens (primary N) is 1. The van der Waals surface area contributed by atoms with Gasteiger partial charge in [-0.05, 0) is 29.1 Å². The molecule has 0 unspecified atom stereocenters. The number of benzene rings is 2. The van der Waals surface area contributed by atoms with Crippen molar-refractivity contribution in [1.29, 1.82) is 0 Å². The number of para-hydroxylation sites is 1. The van der Waals surface area contributed by atoms with Crippen molar-refractivity contribution in [1.82, 2.24) is 4.90 Å². The van der Waals surface area contributed by atoms with Crippen molar-refractivity contribution in [3.8, 4) is 5.75 Å². The molecule has 0 fully saturated rings. The first-order valence-corrected chi connectivity index (χ1v) is 8.91. The number of phenols is 1. The average molecular weight is 366 g/mol. The van der Waals surface area contributed by atoms with Crippen molar-refractivity contribution in [2.24, 2.45) is 5.73 Å². The number of thiophene rings is 1. The van der Waals surface area contributed by atoms with Crippen LogP contribution in [0.4, 0.5) is 0 Å². The lowest BCUT2D eigenvalue weighted by Gasteiger charge is -2.30. The molecule has 3 aromatic rings. The van der Waals surface area contributed by atoms with Crippen LogP contribution in [0.25, 0.3) is 0 Å². The number of aromatic hydroxyl groups is 1. The molecule has 0 radical (unpaired) electrons. The molecule has 0 aliphatic heterocycles. The number of phenolic OH excluding ortho intramolecular Hbond substituents is 1. The van der Waals surface area contributed by atoms with Gasteiger partial charge in [0.1, 0.15) is 11.8 Å². The molecule has 5 nitrogen and oxygen atoms in total. The van der Waals surface area contributed by atoms with Crippen LogP contribution in [-0.4, -0.2) is 21.8 Å². The largest absolute Gasteiger partial charge is 0.507 e. The molecule has 132 valence electrons. The van der Waals surface area contributed by atoms with E-state index in [9.17, 15) is 14.7 Å². The van der Waals surface area contributed by atoms with E-state index >= 15 is 0 Å². The highest BCUT2D eigenvalue weighted by atomic mass is 32.1. The van der Waals surface area contributed by atoms with Crippen LogP contribution in [0.3, 0.4) is 0 Å². The lowest BCUT2D eigenvalue weighted by molar-refractivity contribution is -0.122. The van der Waals surface area contributed by atoms with Crippen LogP contribution < -0.4 is 5.73 Å². The highest BCUT2D eigenvalue weighted by Gasteiger charge is 2.31. The molecule has 0 spiro atoms. The van der Waals surface area contributed by atoms with Crippen LogP contribution in [0.5, 0.6) is 5.75 Å². The maximum absolute atomic E-state index is 13.2. The first-order valence-electron chi connectivity index (χ1n) is 8.03. The fourth-order valence-corrected chi connectivity index (χ4v) is 3.50. The molecule has 2 aromatic carbocycles. The van der Waals surface area contributed by atoms with Gasteiger partial charge in [0, 0.05) is 4.88 Å². The lowest BCUT2D eigenvalue weighted by atomic mass is 10.0. The summed E-state index contributed by atoms with van der Waals surface area (Å²) in [4.78, 5) is 27.7. The molecule has 1 heterocycles. The second-order valence-electron chi connectivity index (χ2n) is 5.75. The summed E-state index contributed by atoms with van der Waals surface area (Å²) >= 11 is 1.48. The molecule has 1 aromatic heterocycles. The van der Waals surface area contributed by atoms with Gasteiger partial charge in [0.05, 0.1) is 12.1 Å². The normalized spacial score (nSPS) is 11.7. The molecular weight excluding hydrogens is 348 g/mol. The van der Waals surface area contributed by atoms with Crippen LogP contribution >= 0.6 is 11.3 Å². The van der Waals surface area contributed by atoms with Gasteiger partial charge in [0.25, 0.3) is 5.91 Å². The van der Waals surface area contributed by atoms with E-state index in [1.165, 1.54) is 28.4 Å². The fraction of sp³-hybridized carbons (Fsp3) is 0.100. The van der Waals surface area contributed by atoms with Gasteiger partial charge in [0.15, 0.2) is 0 Å². The number of hydrogen-bond acceptors (Lipinski definition) is 4. The summed E-state index contributed by atoms with van der Waals surface area (Å²) in [6, 6.07) is 18.0. The van der Waals surface area contributed by atoms with Gasteiger partial charge in [-0.3, -0.25) is 9.59 Å². The summed E-state index contributed by atoms with van der Waals surface area (Å²) in [5, 5.41) is 12.0. The molecule has 2 amide bonds. The van der Waals surface area contributed by atoms with E-state index in [0.717, 1.165) is 4.88 Å². The Bertz CT molecular complexity index is 894. The number of carbonyl (C=O) groups is 2. The molecule has 0 saturated carbocycles. The fourth-order valence-electron chi connectivity index (χ4n) is 2.79. The van der Waals surface area contributed by atoms with E-state index in [-0.39, 0.29) is 17.9 Å². The summed E-state index contributed by atoms with van der Waals surface area (Å²) < 4.78 is 0. The smallest absolute Gasteiger partial charge is 0.258 e. The molecule has 0 saturated heterocycles. The zero-order valence-electron chi connectivity index (χ0n) is 13.9. The maximum atomic E-state index is 13.2. The Hall–Kier alpha value is -3.12. The van der Waals surface area contributed by atoms with Gasteiger partial charge in [-0.15, -0.1) is 11.3 Å². The minimum absolute atomic E-state index is 0.131. The Morgan fingerprint density at radius 1 is 1.00 bits per heavy atom. The third-order valence-corrected chi connectivity index (χ3v) is 4.86. The van der Waals surface area contributed by atoms with Gasteiger partial charge in [-0.25, -0.2) is 0 Å². The minimum Gasteiger partial charge on any atom is -0.507 e. The van der Waals surface area contributed by atoms with E-state index in [4.69, 9.17) is 5.73 Å². The number of amides is 2. The molecule has 0 aliphatic carbocycles. The highest BCUT2D eigenvalue weighted by Crippen LogP contribution is 2.28. The van der Waals surface area contributed by atoms with Crippen molar-refractivity contribution in [2.75, 3.05) is 0 Å². The Morgan fingerprint density at radius 3 is 2.31 bits per heavy atom. The predicted octanol–water partition coefficient (Wildman–Crippen LogP) is 3.32. The van der Waals surface area contributed by atoms with Crippen LogP contribution in [0, 0.1) is 0 Å². The van der Waals surface area contributed by atoms with Crippen molar-refractivity contribution in [2.45, 2.75) is 12.6 Å². The Balaban J connectivity index is 2.06. The van der Waals surface area contributed by atoms with Crippen LogP contribution in [0.1, 0.15) is 26.8 Å². The van der Waals surface area contributed by atoms with Gasteiger partial charge in [0.2, 0.25) is 5.91 Å². The molecule has 3 N–H and O–H groups in total. The number of hydrogen-bond donors (Lipinski definition) is 2. The Morgan fingerprint density at radius 2 is 1.69 bits per heavy atom. The average Bonchev–Trinajstić information content (AvgIpc) is 3.15. The third-order valence-electron chi connectivity index (χ3n) is 4.00. The summed E-state index contributed by atoms with van der Waals surface area (Å²) in [7, 11) is 0. The van der Waals surface area contributed by atoms with E-state index in [1.54, 1.807) is 36.4 Å². The zero-order valence-corrected chi connectivity index (χ0v) is 14.7. The molecular formula is C20H18N2O3S. The summed E-state index contributed by atoms with van der Waals surface area (Å²) in [5.41, 5.74) is 6.42. The molecule has 0 aliphatic rings. The summed E-state index contributed by atoms with van der Waals surface area (Å²) in [5.74, 6) is -1.22. The molecule has 26 heavy (non-hydrogen) atoms. The standard InChI is InChI=1S/C20H18N2O3S/c21-19(24)18(14-7-2-1-3-8-14)22(13-15-9-6-12-26-15)20(25)16-10-4-5-11-17(16)23/h1-12,18,23H,13H2,(H2,21,24)/t18-/m1/s1. The number of rotatable bonds is 6. The lowest BCUT2D eigenvalue weighted by Crippen LogP contribution is -2.41. The van der Waals surface area contributed by atoms with E-state index in [0.29, 0.717) is 5.56 Å². The van der Waals surface area contributed by atoms with Gasteiger partial charge in [-0.2, -0.15) is 0 Å². The molecule has 1 atom stereocenters. The van der Waals surface area contributed by atoms with E-state index in [1.807, 2.05) is 23.6 Å². The zero-order chi connectivity index (χ0) is 18.5. The van der Waals surface area contributed by atoms with E-state index < -0.39 is 17.9 Å². The van der Waals surface area contributed by atoms with Gasteiger partial charge >= 0.3 is 0 Å². The quantitative estimate of drug-likeness (QED) is 0.702.